The van der Waals surface area contributed by atoms with Crippen LogP contribution in [0.1, 0.15) is 38.7 Å². The third-order valence-corrected chi connectivity index (χ3v) is 2.80. The highest BCUT2D eigenvalue weighted by atomic mass is 16.3. The van der Waals surface area contributed by atoms with Crippen LogP contribution < -0.4 is 5.73 Å². The summed E-state index contributed by atoms with van der Waals surface area (Å²) < 4.78 is 0. The molecule has 0 aliphatic heterocycles. The van der Waals surface area contributed by atoms with Crippen molar-refractivity contribution in [3.05, 3.63) is 29.8 Å². The second kappa shape index (κ2) is 4.67. The van der Waals surface area contributed by atoms with Crippen molar-refractivity contribution in [2.75, 3.05) is 6.54 Å². The topological polar surface area (TPSA) is 46.2 Å². The van der Waals surface area contributed by atoms with Crippen molar-refractivity contribution in [2.24, 2.45) is 11.1 Å². The zero-order chi connectivity index (χ0) is 11.5. The molecule has 0 amide bonds. The lowest BCUT2D eigenvalue weighted by atomic mass is 9.75. The average Bonchev–Trinajstić information content (AvgIpc) is 2.14. The van der Waals surface area contributed by atoms with E-state index in [1.165, 1.54) is 5.56 Å². The Hall–Kier alpha value is -1.02. The number of nitrogens with two attached hydrogens (primary N) is 1. The van der Waals surface area contributed by atoms with Gasteiger partial charge in [0.25, 0.3) is 0 Å². The van der Waals surface area contributed by atoms with Crippen LogP contribution in [0.4, 0.5) is 0 Å². The summed E-state index contributed by atoms with van der Waals surface area (Å²) in [6.45, 7) is 7.36. The van der Waals surface area contributed by atoms with Gasteiger partial charge < -0.3 is 10.8 Å². The SMILES string of the molecule is CC(C)(C)C(CCN)c1ccc(O)cc1. The van der Waals surface area contributed by atoms with Gasteiger partial charge in [0.15, 0.2) is 0 Å². The monoisotopic (exact) mass is 207 g/mol. The highest BCUT2D eigenvalue weighted by Crippen LogP contribution is 2.37. The summed E-state index contributed by atoms with van der Waals surface area (Å²) in [6, 6.07) is 7.46. The lowest BCUT2D eigenvalue weighted by Gasteiger charge is -2.31. The van der Waals surface area contributed by atoms with E-state index in [1.807, 2.05) is 12.1 Å². The lowest BCUT2D eigenvalue weighted by molar-refractivity contribution is 0.307. The fourth-order valence-electron chi connectivity index (χ4n) is 1.97. The van der Waals surface area contributed by atoms with E-state index >= 15 is 0 Å². The van der Waals surface area contributed by atoms with E-state index in [0.29, 0.717) is 18.2 Å². The maximum Gasteiger partial charge on any atom is 0.115 e. The fourth-order valence-corrected chi connectivity index (χ4v) is 1.97. The first kappa shape index (κ1) is 12.1. The molecular weight excluding hydrogens is 186 g/mol. The van der Waals surface area contributed by atoms with Crippen molar-refractivity contribution >= 4 is 0 Å². The van der Waals surface area contributed by atoms with Crippen LogP contribution in [-0.4, -0.2) is 11.7 Å². The molecule has 0 fully saturated rings. The molecule has 0 radical (unpaired) electrons. The summed E-state index contributed by atoms with van der Waals surface area (Å²) >= 11 is 0. The van der Waals surface area contributed by atoms with Gasteiger partial charge in [0.1, 0.15) is 5.75 Å². The first-order chi connectivity index (χ1) is 6.95. The molecule has 0 spiro atoms. The molecule has 0 aliphatic rings. The maximum absolute atomic E-state index is 9.25. The fraction of sp³-hybridized carbons (Fsp3) is 0.538. The number of aromatic hydroxyl groups is 1. The van der Waals surface area contributed by atoms with Crippen LogP contribution in [0.15, 0.2) is 24.3 Å². The number of hydrogen-bond acceptors (Lipinski definition) is 2. The molecule has 1 unspecified atom stereocenters. The molecule has 2 heteroatoms. The van der Waals surface area contributed by atoms with Gasteiger partial charge in [-0.3, -0.25) is 0 Å². The van der Waals surface area contributed by atoms with Crippen LogP contribution in [0.5, 0.6) is 5.75 Å². The van der Waals surface area contributed by atoms with E-state index in [-0.39, 0.29) is 5.41 Å². The van der Waals surface area contributed by atoms with E-state index in [1.54, 1.807) is 12.1 Å². The highest BCUT2D eigenvalue weighted by molar-refractivity contribution is 5.29. The van der Waals surface area contributed by atoms with Crippen molar-refractivity contribution in [3.63, 3.8) is 0 Å². The zero-order valence-corrected chi connectivity index (χ0v) is 9.83. The number of phenols is 1. The van der Waals surface area contributed by atoms with Crippen molar-refractivity contribution in [1.29, 1.82) is 0 Å². The molecule has 0 aromatic heterocycles. The Balaban J connectivity index is 2.94. The normalized spacial score (nSPS) is 13.9. The molecule has 0 aliphatic carbocycles. The Labute approximate surface area is 92.1 Å². The number of phenolic OH excluding ortho intramolecular Hbond substituents is 1. The second-order valence-corrected chi connectivity index (χ2v) is 5.09. The smallest absolute Gasteiger partial charge is 0.115 e. The van der Waals surface area contributed by atoms with Gasteiger partial charge in [-0.25, -0.2) is 0 Å². The molecule has 0 saturated carbocycles. The molecule has 2 nitrogen and oxygen atoms in total. The highest BCUT2D eigenvalue weighted by Gasteiger charge is 2.25. The van der Waals surface area contributed by atoms with Gasteiger partial charge in [-0.1, -0.05) is 32.9 Å². The predicted molar refractivity (Wildman–Crippen MR) is 64.0 cm³/mol. The summed E-state index contributed by atoms with van der Waals surface area (Å²) in [7, 11) is 0. The van der Waals surface area contributed by atoms with Gasteiger partial charge in [-0.15, -0.1) is 0 Å². The summed E-state index contributed by atoms with van der Waals surface area (Å²) in [5, 5.41) is 9.25. The largest absolute Gasteiger partial charge is 0.508 e. The Bertz CT molecular complexity index is 297. The molecular formula is C13H21NO. The minimum absolute atomic E-state index is 0.205. The first-order valence-electron chi connectivity index (χ1n) is 5.44. The molecule has 0 heterocycles. The Morgan fingerprint density at radius 1 is 1.20 bits per heavy atom. The van der Waals surface area contributed by atoms with Gasteiger partial charge in [0.2, 0.25) is 0 Å². The van der Waals surface area contributed by atoms with E-state index in [0.717, 1.165) is 6.42 Å². The number of rotatable bonds is 3. The summed E-state index contributed by atoms with van der Waals surface area (Å²) in [6.07, 6.45) is 0.980. The van der Waals surface area contributed by atoms with Gasteiger partial charge >= 0.3 is 0 Å². The summed E-state index contributed by atoms with van der Waals surface area (Å²) in [5.41, 5.74) is 7.10. The van der Waals surface area contributed by atoms with Crippen LogP contribution >= 0.6 is 0 Å². The Kier molecular flexibility index (Phi) is 3.75. The van der Waals surface area contributed by atoms with Gasteiger partial charge in [-0.2, -0.15) is 0 Å². The minimum Gasteiger partial charge on any atom is -0.508 e. The average molecular weight is 207 g/mol. The lowest BCUT2D eigenvalue weighted by Crippen LogP contribution is -2.21. The van der Waals surface area contributed by atoms with Gasteiger partial charge in [-0.05, 0) is 42.0 Å². The van der Waals surface area contributed by atoms with Crippen LogP contribution in [0.3, 0.4) is 0 Å². The molecule has 0 saturated heterocycles. The van der Waals surface area contributed by atoms with E-state index < -0.39 is 0 Å². The quantitative estimate of drug-likeness (QED) is 0.800. The summed E-state index contributed by atoms with van der Waals surface area (Å²) in [4.78, 5) is 0. The molecule has 3 N–H and O–H groups in total. The van der Waals surface area contributed by atoms with Crippen LogP contribution in [0, 0.1) is 5.41 Å². The van der Waals surface area contributed by atoms with Crippen molar-refractivity contribution in [1.82, 2.24) is 0 Å². The molecule has 84 valence electrons. The predicted octanol–water partition coefficient (Wildman–Crippen LogP) is 2.87. The van der Waals surface area contributed by atoms with Gasteiger partial charge in [0, 0.05) is 0 Å². The minimum atomic E-state index is 0.205. The van der Waals surface area contributed by atoms with E-state index in [2.05, 4.69) is 20.8 Å². The van der Waals surface area contributed by atoms with Gasteiger partial charge in [0.05, 0.1) is 0 Å². The maximum atomic E-state index is 9.25. The second-order valence-electron chi connectivity index (χ2n) is 5.09. The molecule has 1 aromatic carbocycles. The molecule has 1 atom stereocenters. The van der Waals surface area contributed by atoms with Crippen molar-refractivity contribution < 1.29 is 5.11 Å². The van der Waals surface area contributed by atoms with E-state index in [4.69, 9.17) is 5.73 Å². The zero-order valence-electron chi connectivity index (χ0n) is 9.83. The van der Waals surface area contributed by atoms with Crippen LogP contribution in [0.2, 0.25) is 0 Å². The number of benzene rings is 1. The molecule has 1 aromatic rings. The number of hydrogen-bond donors (Lipinski definition) is 2. The Morgan fingerprint density at radius 3 is 2.13 bits per heavy atom. The van der Waals surface area contributed by atoms with Crippen LogP contribution in [0.25, 0.3) is 0 Å². The van der Waals surface area contributed by atoms with Crippen molar-refractivity contribution in [2.45, 2.75) is 33.1 Å². The molecule has 1 rings (SSSR count). The third-order valence-electron chi connectivity index (χ3n) is 2.80. The molecule has 15 heavy (non-hydrogen) atoms. The van der Waals surface area contributed by atoms with E-state index in [9.17, 15) is 5.11 Å². The van der Waals surface area contributed by atoms with Crippen molar-refractivity contribution in [3.8, 4) is 5.75 Å². The third kappa shape index (κ3) is 3.24. The summed E-state index contributed by atoms with van der Waals surface area (Å²) in [5.74, 6) is 0.766. The molecule has 0 bridgehead atoms. The Morgan fingerprint density at radius 2 is 1.73 bits per heavy atom. The first-order valence-corrected chi connectivity index (χ1v) is 5.44. The standard InChI is InChI=1S/C13H21NO/c1-13(2,3)12(8-9-14)10-4-6-11(15)7-5-10/h4-7,12,15H,8-9,14H2,1-3H3. The van der Waals surface area contributed by atoms with Crippen LogP contribution in [-0.2, 0) is 0 Å².